The molecule has 0 atom stereocenters. The first-order chi connectivity index (χ1) is 18.3. The van der Waals surface area contributed by atoms with E-state index in [4.69, 9.17) is 4.74 Å². The van der Waals surface area contributed by atoms with Crippen LogP contribution in [0.5, 0.6) is 0 Å². The molecule has 4 heterocycles. The van der Waals surface area contributed by atoms with Gasteiger partial charge in [-0.25, -0.2) is 13.4 Å². The van der Waals surface area contributed by atoms with Gasteiger partial charge in [0.1, 0.15) is 9.22 Å². The van der Waals surface area contributed by atoms with E-state index in [2.05, 4.69) is 19.6 Å². The molecule has 5 rings (SSSR count). The Labute approximate surface area is 229 Å². The number of thiazole rings is 1. The van der Waals surface area contributed by atoms with Crippen LogP contribution in [0.3, 0.4) is 0 Å². The molecule has 38 heavy (non-hydrogen) atoms. The van der Waals surface area contributed by atoms with Gasteiger partial charge in [0.15, 0.2) is 0 Å². The fourth-order valence-corrected chi connectivity index (χ4v) is 8.15. The van der Waals surface area contributed by atoms with Gasteiger partial charge in [0.2, 0.25) is 0 Å². The molecule has 0 amide bonds. The number of piperidine rings is 1. The van der Waals surface area contributed by atoms with Gasteiger partial charge in [-0.05, 0) is 68.4 Å². The fraction of sp³-hybridized carbons (Fsp3) is 0.385. The number of nitrogens with zero attached hydrogens (tertiary/aromatic N) is 2. The van der Waals surface area contributed by atoms with Crippen molar-refractivity contribution in [3.8, 4) is 10.7 Å². The Morgan fingerprint density at radius 1 is 1.29 bits per heavy atom. The second kappa shape index (κ2) is 11.5. The fourth-order valence-electron chi connectivity index (χ4n) is 4.68. The first-order valence-corrected chi connectivity index (χ1v) is 15.7. The number of likely N-dealkylation sites (tertiary alicyclic amines) is 1. The molecule has 1 aliphatic heterocycles. The maximum atomic E-state index is 13.3. The van der Waals surface area contributed by atoms with Crippen LogP contribution in [0.2, 0.25) is 0 Å². The van der Waals surface area contributed by atoms with Crippen molar-refractivity contribution in [2.45, 2.75) is 36.9 Å². The molecule has 1 fully saturated rings. The van der Waals surface area contributed by atoms with Crippen molar-refractivity contribution in [2.75, 3.05) is 31.0 Å². The lowest BCUT2D eigenvalue weighted by Gasteiger charge is -2.29. The van der Waals surface area contributed by atoms with Crippen molar-refractivity contribution in [3.63, 3.8) is 0 Å². The monoisotopic (exact) mass is 574 g/mol. The van der Waals surface area contributed by atoms with E-state index in [0.29, 0.717) is 47.9 Å². The molecular formula is C26H30N4O5S3. The average Bonchev–Trinajstić information content (AvgIpc) is 3.64. The lowest BCUT2D eigenvalue weighted by molar-refractivity contribution is -0.143. The summed E-state index contributed by atoms with van der Waals surface area (Å²) < 4.78 is 35.1. The van der Waals surface area contributed by atoms with Gasteiger partial charge in [0.05, 0.1) is 29.4 Å². The average molecular weight is 575 g/mol. The van der Waals surface area contributed by atoms with Crippen LogP contribution in [0.25, 0.3) is 21.6 Å². The van der Waals surface area contributed by atoms with Crippen LogP contribution in [0.1, 0.15) is 30.2 Å². The zero-order valence-electron chi connectivity index (χ0n) is 21.0. The van der Waals surface area contributed by atoms with Gasteiger partial charge in [0.25, 0.3) is 10.0 Å². The second-order valence-electron chi connectivity index (χ2n) is 9.26. The minimum absolute atomic E-state index is 0.247. The molecule has 0 spiro atoms. The first-order valence-electron chi connectivity index (χ1n) is 12.5. The Morgan fingerprint density at radius 2 is 2.11 bits per heavy atom. The second-order valence-corrected chi connectivity index (χ2v) is 13.2. The molecular weight excluding hydrogens is 545 g/mol. The summed E-state index contributed by atoms with van der Waals surface area (Å²) in [6.45, 7) is 5.24. The maximum Gasteiger partial charge on any atom is 0.306 e. The predicted molar refractivity (Wildman–Crippen MR) is 150 cm³/mol. The number of aromatic amines is 1. The molecule has 3 N–H and O–H groups in total. The number of ether oxygens (including phenoxy) is 1. The zero-order chi connectivity index (χ0) is 26.7. The molecule has 0 radical (unpaired) electrons. The quantitative estimate of drug-likeness (QED) is 0.215. The van der Waals surface area contributed by atoms with E-state index in [0.717, 1.165) is 46.2 Å². The number of benzene rings is 1. The number of nitrogens with one attached hydrogen (secondary N) is 2. The topological polar surface area (TPSA) is 125 Å². The lowest BCUT2D eigenvalue weighted by atomic mass is 9.97. The van der Waals surface area contributed by atoms with E-state index < -0.39 is 16.0 Å². The smallest absolute Gasteiger partial charge is 0.306 e. The van der Waals surface area contributed by atoms with Gasteiger partial charge in [0, 0.05) is 29.6 Å². The summed E-state index contributed by atoms with van der Waals surface area (Å²) in [5.41, 5.74) is 2.75. The number of aromatic nitrogens is 2. The number of thiophene rings is 1. The van der Waals surface area contributed by atoms with Gasteiger partial charge < -0.3 is 14.8 Å². The molecule has 202 valence electrons. The van der Waals surface area contributed by atoms with Crippen molar-refractivity contribution in [1.29, 1.82) is 0 Å². The van der Waals surface area contributed by atoms with Crippen LogP contribution in [0.15, 0.2) is 46.1 Å². The summed E-state index contributed by atoms with van der Waals surface area (Å²) in [6.07, 6.45) is 3.73. The number of fused-ring (bicyclic) bond motifs is 1. The number of carboxylic acids is 1. The number of carbonyl (C=O) groups is 1. The Morgan fingerprint density at radius 3 is 2.87 bits per heavy atom. The van der Waals surface area contributed by atoms with Gasteiger partial charge in [-0.2, -0.15) is 0 Å². The molecule has 0 unspecified atom stereocenters. The molecule has 1 saturated heterocycles. The van der Waals surface area contributed by atoms with Crippen LogP contribution >= 0.6 is 22.7 Å². The summed E-state index contributed by atoms with van der Waals surface area (Å²) in [5, 5.41) is 12.7. The maximum absolute atomic E-state index is 13.3. The van der Waals surface area contributed by atoms with Gasteiger partial charge >= 0.3 is 5.97 Å². The zero-order valence-corrected chi connectivity index (χ0v) is 23.4. The van der Waals surface area contributed by atoms with Crippen molar-refractivity contribution in [1.82, 2.24) is 14.9 Å². The van der Waals surface area contributed by atoms with Crippen molar-refractivity contribution in [3.05, 3.63) is 52.3 Å². The highest BCUT2D eigenvalue weighted by atomic mass is 32.2. The number of carboxylic acid groups (broad SMARTS) is 1. The van der Waals surface area contributed by atoms with E-state index in [9.17, 15) is 18.3 Å². The summed E-state index contributed by atoms with van der Waals surface area (Å²) in [7, 11) is -3.77. The molecule has 3 aromatic heterocycles. The normalized spacial score (nSPS) is 15.3. The summed E-state index contributed by atoms with van der Waals surface area (Å²) in [4.78, 5) is 22.5. The number of aliphatic carboxylic acids is 1. The number of hydrogen-bond acceptors (Lipinski definition) is 8. The third kappa shape index (κ3) is 5.94. The molecule has 1 aliphatic rings. The summed E-state index contributed by atoms with van der Waals surface area (Å²) in [6, 6.07) is 9.33. The largest absolute Gasteiger partial charge is 0.481 e. The number of hydrogen-bond donors (Lipinski definition) is 3. The van der Waals surface area contributed by atoms with Crippen molar-refractivity contribution in [2.24, 2.45) is 5.92 Å². The van der Waals surface area contributed by atoms with Crippen molar-refractivity contribution >= 4 is 55.3 Å². The standard InChI is InChI=1S/C26H30N4O5S3/c1-2-35-12-8-18-9-13-36-26(18)38(33,34)29-21-5-3-4-19-14-22(28-23(19)21)24-27-15-20(37-24)16-30-10-6-17(7-11-30)25(31)32/h3-5,9,13-15,17,28-29H,2,6-8,10-12,16H2,1H3,(H,31,32). The Kier molecular flexibility index (Phi) is 8.15. The minimum Gasteiger partial charge on any atom is -0.481 e. The Hall–Kier alpha value is -2.77. The lowest BCUT2D eigenvalue weighted by Crippen LogP contribution is -2.35. The van der Waals surface area contributed by atoms with E-state index in [-0.39, 0.29) is 5.92 Å². The Balaban J connectivity index is 1.31. The highest BCUT2D eigenvalue weighted by molar-refractivity contribution is 7.94. The molecule has 0 bridgehead atoms. The molecule has 0 aliphatic carbocycles. The predicted octanol–water partition coefficient (Wildman–Crippen LogP) is 5.03. The summed E-state index contributed by atoms with van der Waals surface area (Å²) >= 11 is 2.78. The van der Waals surface area contributed by atoms with Gasteiger partial charge in [-0.1, -0.05) is 12.1 Å². The van der Waals surface area contributed by atoms with Crippen molar-refractivity contribution < 1.29 is 23.1 Å². The molecule has 0 saturated carbocycles. The number of rotatable bonds is 11. The Bertz CT molecular complexity index is 1520. The summed E-state index contributed by atoms with van der Waals surface area (Å²) in [5.74, 6) is -0.953. The highest BCUT2D eigenvalue weighted by Crippen LogP contribution is 2.33. The molecule has 1 aromatic carbocycles. The highest BCUT2D eigenvalue weighted by Gasteiger charge is 2.25. The van der Waals surface area contributed by atoms with E-state index >= 15 is 0 Å². The third-order valence-corrected chi connectivity index (χ3v) is 10.6. The van der Waals surface area contributed by atoms with Gasteiger partial charge in [-0.15, -0.1) is 22.7 Å². The van der Waals surface area contributed by atoms with Crippen LogP contribution in [0.4, 0.5) is 5.69 Å². The van der Waals surface area contributed by atoms with E-state index in [1.165, 1.54) is 11.3 Å². The SMILES string of the molecule is CCOCCc1ccsc1S(=O)(=O)Nc1cccc2cc(-c3ncc(CN4CCC(C(=O)O)CC4)s3)[nH]c12. The number of H-pyrrole nitrogens is 1. The van der Waals surface area contributed by atoms with E-state index in [1.54, 1.807) is 22.8 Å². The van der Waals surface area contributed by atoms with E-state index in [1.807, 2.05) is 37.4 Å². The third-order valence-electron chi connectivity index (χ3n) is 6.67. The number of sulfonamides is 1. The number of anilines is 1. The molecule has 4 aromatic rings. The van der Waals surface area contributed by atoms with Gasteiger partial charge in [-0.3, -0.25) is 14.4 Å². The van der Waals surface area contributed by atoms with Crippen LogP contribution in [0, 0.1) is 5.92 Å². The van der Waals surface area contributed by atoms with Crippen LogP contribution in [-0.4, -0.2) is 60.7 Å². The molecule has 12 heteroatoms. The molecule has 9 nitrogen and oxygen atoms in total. The minimum atomic E-state index is -3.77. The number of para-hydroxylation sites is 1. The van der Waals surface area contributed by atoms with Crippen LogP contribution < -0.4 is 4.72 Å². The van der Waals surface area contributed by atoms with Crippen LogP contribution in [-0.2, 0) is 32.5 Å². The first kappa shape index (κ1) is 26.8.